The van der Waals surface area contributed by atoms with Crippen molar-refractivity contribution in [2.75, 3.05) is 18.0 Å². The van der Waals surface area contributed by atoms with Crippen LogP contribution in [0.4, 0.5) is 11.4 Å². The molecule has 19 heavy (non-hydrogen) atoms. The molecule has 7 nitrogen and oxygen atoms in total. The minimum Gasteiger partial charge on any atom is -0.366 e. The maximum atomic E-state index is 11.3. The Morgan fingerprint density at radius 2 is 1.84 bits per heavy atom. The zero-order valence-electron chi connectivity index (χ0n) is 10.2. The highest BCUT2D eigenvalue weighted by molar-refractivity contribution is 7.89. The number of hydrogen-bond acceptors (Lipinski definition) is 5. The van der Waals surface area contributed by atoms with Crippen molar-refractivity contribution in [3.05, 3.63) is 34.4 Å². The van der Waals surface area contributed by atoms with Crippen LogP contribution >= 0.6 is 0 Å². The molecule has 2 N–H and O–H groups in total. The van der Waals surface area contributed by atoms with Crippen LogP contribution in [0, 0.1) is 10.1 Å². The maximum absolute atomic E-state index is 11.3. The molecular formula is C11H15N3O4S. The Morgan fingerprint density at radius 3 is 2.37 bits per heavy atom. The van der Waals surface area contributed by atoms with Gasteiger partial charge in [-0.25, -0.2) is 13.6 Å². The Balaban J connectivity index is 2.16. The number of nitro groups is 1. The van der Waals surface area contributed by atoms with E-state index in [-0.39, 0.29) is 5.69 Å². The zero-order valence-corrected chi connectivity index (χ0v) is 11.0. The fourth-order valence-electron chi connectivity index (χ4n) is 2.31. The maximum Gasteiger partial charge on any atom is 0.292 e. The van der Waals surface area contributed by atoms with E-state index in [1.54, 1.807) is 18.2 Å². The summed E-state index contributed by atoms with van der Waals surface area (Å²) in [5, 5.41) is 15.5. The molecule has 0 spiro atoms. The Hall–Kier alpha value is -1.67. The smallest absolute Gasteiger partial charge is 0.292 e. The topological polar surface area (TPSA) is 107 Å². The molecule has 0 amide bonds. The first kappa shape index (κ1) is 13.8. The van der Waals surface area contributed by atoms with E-state index in [1.165, 1.54) is 6.07 Å². The average Bonchev–Trinajstić information content (AvgIpc) is 2.38. The van der Waals surface area contributed by atoms with Crippen LogP contribution in [0.3, 0.4) is 0 Å². The highest BCUT2D eigenvalue weighted by atomic mass is 32.2. The molecule has 104 valence electrons. The van der Waals surface area contributed by atoms with Crippen molar-refractivity contribution in [1.82, 2.24) is 0 Å². The molecule has 0 bridgehead atoms. The second kappa shape index (κ2) is 5.14. The van der Waals surface area contributed by atoms with Crippen molar-refractivity contribution in [3.63, 3.8) is 0 Å². The lowest BCUT2D eigenvalue weighted by Gasteiger charge is -2.32. The summed E-state index contributed by atoms with van der Waals surface area (Å²) < 4.78 is 22.5. The number of para-hydroxylation sites is 2. The number of primary sulfonamides is 1. The Bertz CT molecular complexity index is 579. The number of nitrogens with two attached hydrogens (primary N) is 1. The van der Waals surface area contributed by atoms with E-state index in [0.717, 1.165) is 0 Å². The molecule has 2 rings (SSSR count). The van der Waals surface area contributed by atoms with Gasteiger partial charge < -0.3 is 4.90 Å². The van der Waals surface area contributed by atoms with Crippen LogP contribution in [0.25, 0.3) is 0 Å². The number of nitrogens with zero attached hydrogens (tertiary/aromatic N) is 2. The predicted molar refractivity (Wildman–Crippen MR) is 71.4 cm³/mol. The lowest BCUT2D eigenvalue weighted by molar-refractivity contribution is -0.384. The van der Waals surface area contributed by atoms with Gasteiger partial charge in [0.05, 0.1) is 10.2 Å². The lowest BCUT2D eigenvalue weighted by Crippen LogP contribution is -2.41. The number of hydrogen-bond donors (Lipinski definition) is 1. The average molecular weight is 285 g/mol. The third kappa shape index (κ3) is 3.02. The van der Waals surface area contributed by atoms with Crippen LogP contribution in [0.5, 0.6) is 0 Å². The van der Waals surface area contributed by atoms with Gasteiger partial charge in [-0.05, 0) is 18.9 Å². The van der Waals surface area contributed by atoms with Crippen molar-refractivity contribution < 1.29 is 13.3 Å². The Morgan fingerprint density at radius 1 is 1.26 bits per heavy atom. The monoisotopic (exact) mass is 285 g/mol. The number of sulfonamides is 1. The molecule has 1 aromatic rings. The molecule has 0 unspecified atom stereocenters. The highest BCUT2D eigenvalue weighted by Crippen LogP contribution is 2.30. The van der Waals surface area contributed by atoms with Gasteiger partial charge in [0.15, 0.2) is 0 Å². The minimum absolute atomic E-state index is 0.0385. The van der Waals surface area contributed by atoms with E-state index >= 15 is 0 Å². The number of benzene rings is 1. The Labute approximate surface area is 111 Å². The van der Waals surface area contributed by atoms with Gasteiger partial charge in [-0.15, -0.1) is 0 Å². The molecule has 0 aromatic heterocycles. The standard InChI is InChI=1S/C11H15N3O4S/c12-19(17,18)9-5-7-13(8-6-9)10-3-1-2-4-11(10)14(15)16/h1-4,9H,5-8H2,(H2,12,17,18). The quantitative estimate of drug-likeness (QED) is 0.654. The van der Waals surface area contributed by atoms with Gasteiger partial charge in [-0.3, -0.25) is 10.1 Å². The molecular weight excluding hydrogens is 270 g/mol. The summed E-state index contributed by atoms with van der Waals surface area (Å²) in [5.74, 6) is 0. The third-order valence-electron chi connectivity index (χ3n) is 3.33. The summed E-state index contributed by atoms with van der Waals surface area (Å²) in [6.45, 7) is 0.901. The predicted octanol–water partition coefficient (Wildman–Crippen LogP) is 0.852. The largest absolute Gasteiger partial charge is 0.366 e. The molecule has 1 heterocycles. The van der Waals surface area contributed by atoms with Crippen molar-refractivity contribution >= 4 is 21.4 Å². The zero-order chi connectivity index (χ0) is 14.0. The van der Waals surface area contributed by atoms with Crippen molar-refractivity contribution in [1.29, 1.82) is 0 Å². The third-order valence-corrected chi connectivity index (χ3v) is 4.73. The normalized spacial score (nSPS) is 17.4. The first-order chi connectivity index (χ1) is 8.89. The molecule has 0 atom stereocenters. The molecule has 0 saturated carbocycles. The van der Waals surface area contributed by atoms with Crippen LogP contribution < -0.4 is 10.0 Å². The highest BCUT2D eigenvalue weighted by Gasteiger charge is 2.29. The first-order valence-electron chi connectivity index (χ1n) is 5.89. The van der Waals surface area contributed by atoms with Gasteiger partial charge in [0, 0.05) is 19.2 Å². The molecule has 0 aliphatic carbocycles. The fourth-order valence-corrected chi connectivity index (χ4v) is 3.18. The van der Waals surface area contributed by atoms with Gasteiger partial charge in [-0.2, -0.15) is 0 Å². The van der Waals surface area contributed by atoms with Crippen molar-refractivity contribution in [2.45, 2.75) is 18.1 Å². The number of anilines is 1. The summed E-state index contributed by atoms with van der Waals surface area (Å²) in [6, 6.07) is 6.46. The molecule has 1 aliphatic heterocycles. The van der Waals surface area contributed by atoms with Gasteiger partial charge in [0.25, 0.3) is 5.69 Å². The summed E-state index contributed by atoms with van der Waals surface area (Å²) in [7, 11) is -3.52. The van der Waals surface area contributed by atoms with Crippen molar-refractivity contribution in [3.8, 4) is 0 Å². The first-order valence-corrected chi connectivity index (χ1v) is 7.50. The number of piperidine rings is 1. The van der Waals surface area contributed by atoms with Crippen LogP contribution in [0.2, 0.25) is 0 Å². The lowest BCUT2D eigenvalue weighted by atomic mass is 10.1. The van der Waals surface area contributed by atoms with Crippen LogP contribution in [-0.2, 0) is 10.0 Å². The van der Waals surface area contributed by atoms with Gasteiger partial charge in [-0.1, -0.05) is 12.1 Å². The van der Waals surface area contributed by atoms with E-state index < -0.39 is 20.2 Å². The van der Waals surface area contributed by atoms with E-state index in [9.17, 15) is 18.5 Å². The SMILES string of the molecule is NS(=O)(=O)C1CCN(c2ccccc2[N+](=O)[O-])CC1. The summed E-state index contributed by atoms with van der Waals surface area (Å²) >= 11 is 0. The number of nitro benzene ring substituents is 1. The second-order valence-electron chi connectivity index (χ2n) is 4.52. The summed E-state index contributed by atoms with van der Waals surface area (Å²) in [5.41, 5.74) is 0.567. The van der Waals surface area contributed by atoms with Crippen LogP contribution in [0.1, 0.15) is 12.8 Å². The van der Waals surface area contributed by atoms with Crippen LogP contribution in [0.15, 0.2) is 24.3 Å². The summed E-state index contributed by atoms with van der Waals surface area (Å²) in [4.78, 5) is 12.4. The minimum atomic E-state index is -3.52. The molecule has 1 fully saturated rings. The second-order valence-corrected chi connectivity index (χ2v) is 6.37. The summed E-state index contributed by atoms with van der Waals surface area (Å²) in [6.07, 6.45) is 0.787. The van der Waals surface area contributed by atoms with Gasteiger partial charge in [0.2, 0.25) is 10.0 Å². The molecule has 0 radical (unpaired) electrons. The van der Waals surface area contributed by atoms with Gasteiger partial charge >= 0.3 is 0 Å². The van der Waals surface area contributed by atoms with E-state index in [1.807, 2.05) is 4.90 Å². The number of rotatable bonds is 3. The Kier molecular flexibility index (Phi) is 3.72. The van der Waals surface area contributed by atoms with E-state index in [0.29, 0.717) is 31.6 Å². The van der Waals surface area contributed by atoms with E-state index in [4.69, 9.17) is 5.14 Å². The molecule has 1 aliphatic rings. The molecule has 8 heteroatoms. The van der Waals surface area contributed by atoms with Crippen molar-refractivity contribution in [2.24, 2.45) is 5.14 Å². The van der Waals surface area contributed by atoms with Gasteiger partial charge in [0.1, 0.15) is 5.69 Å². The van der Waals surface area contributed by atoms with E-state index in [2.05, 4.69) is 0 Å². The fraction of sp³-hybridized carbons (Fsp3) is 0.455. The molecule has 1 aromatic carbocycles. The molecule has 1 saturated heterocycles. The van der Waals surface area contributed by atoms with Crippen LogP contribution in [-0.4, -0.2) is 31.7 Å².